The summed E-state index contributed by atoms with van der Waals surface area (Å²) in [6.45, 7) is 1.84. The zero-order chi connectivity index (χ0) is 9.26. The summed E-state index contributed by atoms with van der Waals surface area (Å²) in [6.07, 6.45) is 3.42. The minimum atomic E-state index is 0.122. The van der Waals surface area contributed by atoms with E-state index in [4.69, 9.17) is 0 Å². The number of hydrogen-bond acceptors (Lipinski definition) is 4. The molecule has 13 heavy (non-hydrogen) atoms. The van der Waals surface area contributed by atoms with Gasteiger partial charge in [0.05, 0.1) is 4.88 Å². The third-order valence-electron chi connectivity index (χ3n) is 1.70. The molecule has 2 heterocycles. The van der Waals surface area contributed by atoms with Crippen molar-refractivity contribution in [2.24, 2.45) is 0 Å². The molecule has 4 heteroatoms. The van der Waals surface area contributed by atoms with E-state index in [0.717, 1.165) is 15.4 Å². The van der Waals surface area contributed by atoms with Gasteiger partial charge >= 0.3 is 0 Å². The zero-order valence-corrected chi connectivity index (χ0v) is 7.88. The second kappa shape index (κ2) is 3.14. The van der Waals surface area contributed by atoms with E-state index in [1.54, 1.807) is 12.4 Å². The second-order valence-electron chi connectivity index (χ2n) is 2.63. The first kappa shape index (κ1) is 8.19. The Labute approximate surface area is 79.7 Å². The summed E-state index contributed by atoms with van der Waals surface area (Å²) in [7, 11) is 0. The van der Waals surface area contributed by atoms with Crippen LogP contribution in [0.15, 0.2) is 24.5 Å². The van der Waals surface area contributed by atoms with Crippen molar-refractivity contribution in [1.82, 2.24) is 9.97 Å². The van der Waals surface area contributed by atoms with Gasteiger partial charge in [0.2, 0.25) is 5.88 Å². The molecule has 0 amide bonds. The number of rotatable bonds is 1. The molecule has 0 aliphatic carbocycles. The maximum atomic E-state index is 9.29. The molecule has 0 atom stereocenters. The molecule has 0 radical (unpaired) electrons. The molecule has 0 aliphatic rings. The van der Waals surface area contributed by atoms with Crippen LogP contribution in [0.2, 0.25) is 0 Å². The summed E-state index contributed by atoms with van der Waals surface area (Å²) in [5, 5.41) is 10.1. The average molecular weight is 192 g/mol. The predicted octanol–water partition coefficient (Wildman–Crippen LogP) is 2.22. The standard InChI is InChI=1S/C9H8N2OS/c1-6-8(12)11-9(13-6)7-2-4-10-5-3-7/h2-5,12H,1H3. The van der Waals surface area contributed by atoms with Gasteiger partial charge in [0.15, 0.2) is 0 Å². The highest BCUT2D eigenvalue weighted by Crippen LogP contribution is 2.30. The molecule has 2 aromatic rings. The SMILES string of the molecule is Cc1sc(-c2ccncc2)nc1O. The first-order valence-electron chi connectivity index (χ1n) is 3.84. The third-order valence-corrected chi connectivity index (χ3v) is 2.71. The van der Waals surface area contributed by atoms with Crippen LogP contribution in [-0.4, -0.2) is 15.1 Å². The lowest BCUT2D eigenvalue weighted by atomic mass is 10.3. The molecule has 0 saturated carbocycles. The minimum Gasteiger partial charge on any atom is -0.492 e. The van der Waals surface area contributed by atoms with Gasteiger partial charge in [0.25, 0.3) is 0 Å². The van der Waals surface area contributed by atoms with Crippen molar-refractivity contribution >= 4 is 11.3 Å². The van der Waals surface area contributed by atoms with Crippen LogP contribution in [0.25, 0.3) is 10.6 Å². The molecule has 0 unspecified atom stereocenters. The summed E-state index contributed by atoms with van der Waals surface area (Å²) in [6, 6.07) is 3.75. The topological polar surface area (TPSA) is 46.0 Å². The first-order valence-corrected chi connectivity index (χ1v) is 4.66. The van der Waals surface area contributed by atoms with Crippen LogP contribution < -0.4 is 0 Å². The van der Waals surface area contributed by atoms with Gasteiger partial charge < -0.3 is 5.11 Å². The van der Waals surface area contributed by atoms with Crippen molar-refractivity contribution in [2.75, 3.05) is 0 Å². The number of thiazole rings is 1. The van der Waals surface area contributed by atoms with Gasteiger partial charge in [-0.25, -0.2) is 4.98 Å². The minimum absolute atomic E-state index is 0.122. The predicted molar refractivity (Wildman–Crippen MR) is 51.7 cm³/mol. The Hall–Kier alpha value is -1.42. The number of aryl methyl sites for hydroxylation is 1. The van der Waals surface area contributed by atoms with Crippen molar-refractivity contribution < 1.29 is 5.11 Å². The fourth-order valence-electron chi connectivity index (χ4n) is 1.01. The maximum Gasteiger partial charge on any atom is 0.225 e. The van der Waals surface area contributed by atoms with E-state index >= 15 is 0 Å². The molecule has 0 aromatic carbocycles. The van der Waals surface area contributed by atoms with Gasteiger partial charge in [-0.15, -0.1) is 11.3 Å². The van der Waals surface area contributed by atoms with E-state index in [1.807, 2.05) is 19.1 Å². The maximum absolute atomic E-state index is 9.29. The highest BCUT2D eigenvalue weighted by Gasteiger charge is 2.06. The quantitative estimate of drug-likeness (QED) is 0.753. The van der Waals surface area contributed by atoms with Crippen molar-refractivity contribution in [1.29, 1.82) is 0 Å². The summed E-state index contributed by atoms with van der Waals surface area (Å²) < 4.78 is 0. The Balaban J connectivity index is 2.48. The highest BCUT2D eigenvalue weighted by atomic mass is 32.1. The summed E-state index contributed by atoms with van der Waals surface area (Å²) >= 11 is 1.48. The average Bonchev–Trinajstić information content (AvgIpc) is 2.49. The van der Waals surface area contributed by atoms with Crippen LogP contribution in [0.4, 0.5) is 0 Å². The molecule has 0 aliphatic heterocycles. The van der Waals surface area contributed by atoms with Gasteiger partial charge in [0, 0.05) is 18.0 Å². The van der Waals surface area contributed by atoms with Gasteiger partial charge in [-0.3, -0.25) is 4.98 Å². The molecule has 66 valence electrons. The molecular weight excluding hydrogens is 184 g/mol. The highest BCUT2D eigenvalue weighted by molar-refractivity contribution is 7.15. The second-order valence-corrected chi connectivity index (χ2v) is 3.84. The van der Waals surface area contributed by atoms with Gasteiger partial charge in [-0.1, -0.05) is 0 Å². The van der Waals surface area contributed by atoms with E-state index in [1.165, 1.54) is 11.3 Å². The van der Waals surface area contributed by atoms with Crippen molar-refractivity contribution in [3.8, 4) is 16.5 Å². The fraction of sp³-hybridized carbons (Fsp3) is 0.111. The molecule has 0 saturated heterocycles. The normalized spacial score (nSPS) is 10.2. The van der Waals surface area contributed by atoms with Crippen LogP contribution >= 0.6 is 11.3 Å². The van der Waals surface area contributed by atoms with Crippen LogP contribution in [0.1, 0.15) is 4.88 Å². The molecule has 0 fully saturated rings. The smallest absolute Gasteiger partial charge is 0.225 e. The van der Waals surface area contributed by atoms with E-state index in [-0.39, 0.29) is 5.88 Å². The Morgan fingerprint density at radius 3 is 2.54 bits per heavy atom. The number of nitrogens with zero attached hydrogens (tertiary/aromatic N) is 2. The van der Waals surface area contributed by atoms with Gasteiger partial charge in [-0.05, 0) is 19.1 Å². The monoisotopic (exact) mass is 192 g/mol. The lowest BCUT2D eigenvalue weighted by molar-refractivity contribution is 0.454. The molecule has 2 aromatic heterocycles. The molecule has 0 bridgehead atoms. The Morgan fingerprint density at radius 1 is 1.31 bits per heavy atom. The summed E-state index contributed by atoms with van der Waals surface area (Å²) in [5.74, 6) is 0.122. The molecule has 3 nitrogen and oxygen atoms in total. The van der Waals surface area contributed by atoms with Crippen molar-refractivity contribution in [2.45, 2.75) is 6.92 Å². The van der Waals surface area contributed by atoms with Crippen LogP contribution in [-0.2, 0) is 0 Å². The number of aromatic nitrogens is 2. The third kappa shape index (κ3) is 1.53. The summed E-state index contributed by atoms with van der Waals surface area (Å²) in [4.78, 5) is 8.78. The fourth-order valence-corrected chi connectivity index (χ4v) is 1.82. The number of hydrogen-bond donors (Lipinski definition) is 1. The summed E-state index contributed by atoms with van der Waals surface area (Å²) in [5.41, 5.74) is 0.989. The largest absolute Gasteiger partial charge is 0.492 e. The molecule has 2 rings (SSSR count). The zero-order valence-electron chi connectivity index (χ0n) is 7.06. The van der Waals surface area contributed by atoms with Gasteiger partial charge in [0.1, 0.15) is 5.01 Å². The molecular formula is C9H8N2OS. The van der Waals surface area contributed by atoms with E-state index < -0.39 is 0 Å². The Kier molecular flexibility index (Phi) is 1.98. The molecule has 0 spiro atoms. The van der Waals surface area contributed by atoms with E-state index in [0.29, 0.717) is 0 Å². The number of aromatic hydroxyl groups is 1. The number of pyridine rings is 1. The van der Waals surface area contributed by atoms with Crippen LogP contribution in [0.3, 0.4) is 0 Å². The van der Waals surface area contributed by atoms with Crippen molar-refractivity contribution in [3.63, 3.8) is 0 Å². The lowest BCUT2D eigenvalue weighted by Gasteiger charge is -1.91. The van der Waals surface area contributed by atoms with E-state index in [2.05, 4.69) is 9.97 Å². The Morgan fingerprint density at radius 2 is 2.00 bits per heavy atom. The van der Waals surface area contributed by atoms with Crippen LogP contribution in [0.5, 0.6) is 5.88 Å². The Bertz CT molecular complexity index is 391. The van der Waals surface area contributed by atoms with E-state index in [9.17, 15) is 5.11 Å². The van der Waals surface area contributed by atoms with Crippen molar-refractivity contribution in [3.05, 3.63) is 29.4 Å². The van der Waals surface area contributed by atoms with Gasteiger partial charge in [-0.2, -0.15) is 0 Å². The first-order chi connectivity index (χ1) is 6.27. The lowest BCUT2D eigenvalue weighted by Crippen LogP contribution is -1.75. The van der Waals surface area contributed by atoms with Crippen LogP contribution in [0, 0.1) is 6.92 Å². The molecule has 1 N–H and O–H groups in total.